The van der Waals surface area contributed by atoms with Crippen LogP contribution < -0.4 is 0 Å². The van der Waals surface area contributed by atoms with Crippen LogP contribution in [-0.4, -0.2) is 10.5 Å². The van der Waals surface area contributed by atoms with Gasteiger partial charge in [-0.2, -0.15) is 0 Å². The summed E-state index contributed by atoms with van der Waals surface area (Å²) < 4.78 is 40.9. The molecule has 402 valence electrons. The Hall–Kier alpha value is -2.35. The molecule has 0 saturated heterocycles. The maximum atomic E-state index is 11.8. The predicted molar refractivity (Wildman–Crippen MR) is 86.3 cm³/mol. The van der Waals surface area contributed by atoms with E-state index < -0.39 is 14.7 Å². The first kappa shape index (κ1) is 64.7. The predicted octanol–water partition coefficient (Wildman–Crippen LogP) is -2.72. The Bertz CT molecular complexity index is 934. The van der Waals surface area contributed by atoms with Crippen LogP contribution >= 0.6 is 14.7 Å². The van der Waals surface area contributed by atoms with Gasteiger partial charge in [0.25, 0.3) is 0 Å². The molecule has 0 aromatic heterocycles. The summed E-state index contributed by atoms with van der Waals surface area (Å²) in [4.78, 5) is 0. The van der Waals surface area contributed by atoms with Crippen LogP contribution in [0.15, 0.2) is 0 Å². The first-order valence-corrected chi connectivity index (χ1v) is 14.6. The van der Waals surface area contributed by atoms with Crippen LogP contribution in [0.5, 0.6) is 0 Å². The van der Waals surface area contributed by atoms with Crippen molar-refractivity contribution in [3.63, 3.8) is 0 Å². The summed E-state index contributed by atoms with van der Waals surface area (Å²) in [5, 5.41) is 214. The zero-order valence-corrected chi connectivity index (χ0v) is 29.3. The SMILES string of the molecule is O=P(=O)P(=O)(OOOOOOOOOOOOOOOOOOOOOOOOOOOOOOO)OOOOOOOOOOOOOOOOOOOOOOOOOOOOOOO. The van der Waals surface area contributed by atoms with Crippen LogP contribution in [0.2, 0.25) is 0 Å². The quantitative estimate of drug-likeness (QED) is 0.0270. The van der Waals surface area contributed by atoms with Crippen molar-refractivity contribution in [1.82, 2.24) is 0 Å². The molecule has 0 fully saturated rings. The molecule has 0 saturated carbocycles. The third-order valence-electron chi connectivity index (χ3n) is 2.01. The van der Waals surface area contributed by atoms with Crippen molar-refractivity contribution in [3.05, 3.63) is 0 Å². The topological polar surface area (TPSA) is 645 Å². The average Bonchev–Trinajstić information content (AvgIpc) is 3.33. The maximum Gasteiger partial charge on any atom is 0.509 e. The summed E-state index contributed by atoms with van der Waals surface area (Å²) in [6.45, 7) is 0. The van der Waals surface area contributed by atoms with Crippen molar-refractivity contribution >= 4 is 14.7 Å². The third-order valence-corrected chi connectivity index (χ3v) is 4.51. The lowest BCUT2D eigenvalue weighted by molar-refractivity contribution is -0.905. The van der Waals surface area contributed by atoms with Crippen molar-refractivity contribution in [2.45, 2.75) is 0 Å². The molecule has 0 unspecified atom stereocenters. The van der Waals surface area contributed by atoms with E-state index >= 15 is 0 Å². The lowest BCUT2D eigenvalue weighted by atomic mass is 14.0. The highest BCUT2D eigenvalue weighted by Crippen LogP contribution is 2.64. The molecule has 2 N–H and O–H groups in total. The van der Waals surface area contributed by atoms with Crippen LogP contribution in [0.25, 0.3) is 0 Å². The molecule has 0 spiro atoms. The highest BCUT2D eigenvalue weighted by atomic mass is 32.1. The Morgan fingerprint density at radius 2 is 0.299 bits per heavy atom. The Balaban J connectivity index is 3.37. The van der Waals surface area contributed by atoms with Crippen LogP contribution in [0.3, 0.4) is 0 Å². The second-order valence-electron chi connectivity index (χ2n) is 4.81. The van der Waals surface area contributed by atoms with Crippen molar-refractivity contribution < 1.29 is 326 Å². The largest absolute Gasteiger partial charge is 0.509 e. The second kappa shape index (κ2) is 56.2. The molecule has 0 radical (unpaired) electrons. The fourth-order valence-electron chi connectivity index (χ4n) is 0.783. The molecule has 0 aliphatic heterocycles. The highest BCUT2D eigenvalue weighted by Gasteiger charge is 2.38. The Labute approximate surface area is 342 Å². The monoisotopic (exact) mass is 1100 g/mol. The Kier molecular flexibility index (Phi) is 54.3. The minimum Gasteiger partial charge on any atom is -0.238 e. The van der Waals surface area contributed by atoms with Gasteiger partial charge in [0.2, 0.25) is 0 Å². The van der Waals surface area contributed by atoms with Crippen molar-refractivity contribution in [2.24, 2.45) is 0 Å². The van der Waals surface area contributed by atoms with E-state index in [0.29, 0.717) is 0 Å². The molecule has 67 heavy (non-hydrogen) atoms. The van der Waals surface area contributed by atoms with E-state index in [4.69, 9.17) is 10.5 Å². The summed E-state index contributed by atoms with van der Waals surface area (Å²) in [5.41, 5.74) is 0. The summed E-state index contributed by atoms with van der Waals surface area (Å²) in [6, 6.07) is 0. The third kappa shape index (κ3) is 52.9. The van der Waals surface area contributed by atoms with Gasteiger partial charge in [0.05, 0.1) is 0 Å². The molecule has 0 rings (SSSR count). The zero-order chi connectivity index (χ0) is 48.5. The lowest BCUT2D eigenvalue weighted by Crippen LogP contribution is -2.06. The molecule has 67 heteroatoms. The number of hydrogen-bond acceptors (Lipinski definition) is 65. The molecule has 0 amide bonds. The molecule has 65 nitrogen and oxygen atoms in total. The summed E-state index contributed by atoms with van der Waals surface area (Å²) in [5.74, 6) is 0. The van der Waals surface area contributed by atoms with Crippen LogP contribution in [0, 0.1) is 0 Å². The van der Waals surface area contributed by atoms with Gasteiger partial charge in [0, 0.05) is 131 Å². The van der Waals surface area contributed by atoms with Gasteiger partial charge < -0.3 is 0 Å². The number of hydrogen-bond donors (Lipinski definition) is 2. The normalized spacial score (nSPS) is 11.9. The van der Waals surface area contributed by atoms with E-state index in [1.54, 1.807) is 0 Å². The van der Waals surface area contributed by atoms with E-state index in [2.05, 4.69) is 302 Å². The van der Waals surface area contributed by atoms with E-state index in [1.165, 1.54) is 0 Å². The van der Waals surface area contributed by atoms with Crippen LogP contribution in [0.4, 0.5) is 0 Å². The minimum absolute atomic E-state index is 2.87. The Morgan fingerprint density at radius 1 is 0.194 bits per heavy atom. The summed E-state index contributed by atoms with van der Waals surface area (Å²) in [6.07, 6.45) is 0. The van der Waals surface area contributed by atoms with Gasteiger partial charge in [-0.25, -0.2) is 24.2 Å². The second-order valence-corrected chi connectivity index (χ2v) is 8.98. The highest BCUT2D eigenvalue weighted by molar-refractivity contribution is 8.17. The van der Waals surface area contributed by atoms with Gasteiger partial charge >= 0.3 is 14.7 Å². The van der Waals surface area contributed by atoms with Crippen LogP contribution in [-0.2, 0) is 315 Å². The van der Waals surface area contributed by atoms with Gasteiger partial charge in [-0.3, -0.25) is 0 Å². The minimum atomic E-state index is -5.50. The average molecular weight is 1100 g/mol. The molecule has 0 aromatic carbocycles. The molecule has 0 bridgehead atoms. The first-order chi connectivity index (χ1) is 33.1. The van der Waals surface area contributed by atoms with E-state index in [0.717, 1.165) is 0 Å². The van der Waals surface area contributed by atoms with Crippen LogP contribution in [0.1, 0.15) is 0 Å². The van der Waals surface area contributed by atoms with E-state index in [1.807, 2.05) is 0 Å². The van der Waals surface area contributed by atoms with Crippen molar-refractivity contribution in [1.29, 1.82) is 0 Å². The van der Waals surface area contributed by atoms with Gasteiger partial charge in [0.15, 0.2) is 0 Å². The molecule has 0 aliphatic carbocycles. The molecule has 0 aliphatic rings. The van der Waals surface area contributed by atoms with E-state index in [-0.39, 0.29) is 0 Å². The van der Waals surface area contributed by atoms with Crippen molar-refractivity contribution in [3.8, 4) is 0 Å². The van der Waals surface area contributed by atoms with Gasteiger partial charge in [-0.05, 0) is 161 Å². The summed E-state index contributed by atoms with van der Waals surface area (Å²) >= 11 is 0. The first-order valence-electron chi connectivity index (χ1n) is 11.1. The Morgan fingerprint density at radius 3 is 0.403 bits per heavy atom. The molecular formula is H2O65P2. The lowest BCUT2D eigenvalue weighted by Gasteiger charge is -2.05. The standard InChI is InChI=1S/H2O65P2/c1-6-8-10-12-14-16-18-20-22-24-26-28-30-32-34-36-38-40-42-44-46-48-50-52-54-56-58-60-62-64-67(5,66(3)4)65-63-61-59-57-55-53-51-49-47-45-43-41-39-37-35-33-31-29-27-25-23-21-19-17-15-13-11-9-7-2/h1-2H. The van der Waals surface area contributed by atoms with Gasteiger partial charge in [-0.15, -0.1) is 9.35 Å². The maximum absolute atomic E-state index is 11.8. The fraction of sp³-hybridized carbons (Fsp3) is 0. The number of rotatable bonds is 61. The zero-order valence-electron chi connectivity index (χ0n) is 27.5. The van der Waals surface area contributed by atoms with Gasteiger partial charge in [-0.1, -0.05) is 0 Å². The van der Waals surface area contributed by atoms with Crippen molar-refractivity contribution in [2.75, 3.05) is 0 Å². The molecular weight excluding hydrogens is 1100 g/mol. The molecule has 0 aromatic rings. The smallest absolute Gasteiger partial charge is 0.238 e. The van der Waals surface area contributed by atoms with Gasteiger partial charge in [0.1, 0.15) is 0 Å². The van der Waals surface area contributed by atoms with E-state index in [9.17, 15) is 13.7 Å². The molecule has 0 heterocycles. The fourth-order valence-corrected chi connectivity index (χ4v) is 1.61. The summed E-state index contributed by atoms with van der Waals surface area (Å²) in [7, 11) is -9.76. The molecule has 0 atom stereocenters.